The predicted molar refractivity (Wildman–Crippen MR) is 91.2 cm³/mol. The summed E-state index contributed by atoms with van der Waals surface area (Å²) in [6.07, 6.45) is 0. The number of thiazole rings is 1. The summed E-state index contributed by atoms with van der Waals surface area (Å²) >= 11 is 6.55. The zero-order valence-electron chi connectivity index (χ0n) is 12.7. The van der Waals surface area contributed by atoms with Gasteiger partial charge < -0.3 is 14.9 Å². The molecule has 2 aromatic rings. The molecule has 1 N–H and O–H groups in total. The summed E-state index contributed by atoms with van der Waals surface area (Å²) in [7, 11) is 1.23. The fraction of sp³-hybridized carbons (Fsp3) is 0.200. The van der Waals surface area contributed by atoms with Crippen LogP contribution in [0.3, 0.4) is 0 Å². The number of esters is 1. The van der Waals surface area contributed by atoms with E-state index in [1.165, 1.54) is 7.11 Å². The SMILES string of the molecule is COC(=O)C(=NOCc1ccccc1)c1csc(NC(=O)CCl)n1. The number of amides is 1. The second-order valence-corrected chi connectivity index (χ2v) is 5.54. The lowest BCUT2D eigenvalue weighted by Gasteiger charge is -2.03. The third-order valence-electron chi connectivity index (χ3n) is 2.72. The molecule has 1 aromatic carbocycles. The van der Waals surface area contributed by atoms with E-state index in [2.05, 4.69) is 20.2 Å². The van der Waals surface area contributed by atoms with Crippen LogP contribution >= 0.6 is 22.9 Å². The highest BCUT2D eigenvalue weighted by Crippen LogP contribution is 2.17. The number of anilines is 1. The molecule has 24 heavy (non-hydrogen) atoms. The average Bonchev–Trinajstić information content (AvgIpc) is 3.06. The average molecular weight is 368 g/mol. The van der Waals surface area contributed by atoms with Gasteiger partial charge in [0.05, 0.1) is 7.11 Å². The van der Waals surface area contributed by atoms with Gasteiger partial charge in [0.1, 0.15) is 18.2 Å². The van der Waals surface area contributed by atoms with Crippen molar-refractivity contribution in [1.82, 2.24) is 4.98 Å². The fourth-order valence-electron chi connectivity index (χ4n) is 1.62. The van der Waals surface area contributed by atoms with Crippen LogP contribution in [-0.4, -0.2) is 35.6 Å². The lowest BCUT2D eigenvalue weighted by molar-refractivity contribution is -0.132. The molecule has 1 heterocycles. The number of carbonyl (C=O) groups is 2. The van der Waals surface area contributed by atoms with Crippen molar-refractivity contribution >= 4 is 45.7 Å². The molecule has 0 spiro atoms. The van der Waals surface area contributed by atoms with Crippen molar-refractivity contribution in [1.29, 1.82) is 0 Å². The van der Waals surface area contributed by atoms with Crippen LogP contribution in [0.2, 0.25) is 0 Å². The number of nitrogens with zero attached hydrogens (tertiary/aromatic N) is 2. The van der Waals surface area contributed by atoms with E-state index in [-0.39, 0.29) is 23.9 Å². The van der Waals surface area contributed by atoms with Gasteiger partial charge in [0, 0.05) is 5.38 Å². The third kappa shape index (κ3) is 5.04. The topological polar surface area (TPSA) is 89.9 Å². The first-order valence-electron chi connectivity index (χ1n) is 6.78. The van der Waals surface area contributed by atoms with Crippen molar-refractivity contribution in [2.45, 2.75) is 6.61 Å². The number of hydrogen-bond donors (Lipinski definition) is 1. The number of nitrogens with one attached hydrogen (secondary N) is 1. The smallest absolute Gasteiger partial charge is 0.362 e. The molecule has 1 amide bonds. The molecule has 9 heteroatoms. The van der Waals surface area contributed by atoms with Crippen LogP contribution in [0, 0.1) is 0 Å². The van der Waals surface area contributed by atoms with E-state index in [4.69, 9.17) is 16.4 Å². The number of aromatic nitrogens is 1. The van der Waals surface area contributed by atoms with E-state index in [0.717, 1.165) is 16.9 Å². The van der Waals surface area contributed by atoms with Crippen molar-refractivity contribution in [3.8, 4) is 0 Å². The highest BCUT2D eigenvalue weighted by atomic mass is 35.5. The van der Waals surface area contributed by atoms with Gasteiger partial charge in [-0.2, -0.15) is 0 Å². The van der Waals surface area contributed by atoms with Crippen LogP contribution in [0.1, 0.15) is 11.3 Å². The van der Waals surface area contributed by atoms with Gasteiger partial charge in [0.15, 0.2) is 5.13 Å². The number of benzene rings is 1. The number of methoxy groups -OCH3 is 1. The van der Waals surface area contributed by atoms with E-state index in [0.29, 0.717) is 5.13 Å². The molecule has 0 radical (unpaired) electrons. The van der Waals surface area contributed by atoms with Gasteiger partial charge in [0.25, 0.3) is 0 Å². The Bertz CT molecular complexity index is 733. The summed E-state index contributed by atoms with van der Waals surface area (Å²) < 4.78 is 4.69. The summed E-state index contributed by atoms with van der Waals surface area (Å²) in [6.45, 7) is 0.196. The molecule has 2 rings (SSSR count). The van der Waals surface area contributed by atoms with Gasteiger partial charge in [-0.05, 0) is 5.56 Å². The summed E-state index contributed by atoms with van der Waals surface area (Å²) in [4.78, 5) is 32.4. The minimum absolute atomic E-state index is 0.0870. The Kier molecular flexibility index (Phi) is 6.71. The first-order valence-corrected chi connectivity index (χ1v) is 8.19. The Balaban J connectivity index is 2.11. The second kappa shape index (κ2) is 8.99. The van der Waals surface area contributed by atoms with Gasteiger partial charge in [0.2, 0.25) is 11.6 Å². The number of oxime groups is 1. The molecule has 0 atom stereocenters. The Morgan fingerprint density at radius 3 is 2.75 bits per heavy atom. The Morgan fingerprint density at radius 1 is 1.33 bits per heavy atom. The first kappa shape index (κ1) is 17.9. The molecule has 0 aliphatic heterocycles. The molecule has 1 aromatic heterocycles. The molecule has 0 aliphatic carbocycles. The van der Waals surface area contributed by atoms with Crippen molar-refractivity contribution < 1.29 is 19.2 Å². The summed E-state index contributed by atoms with van der Waals surface area (Å²) in [5.74, 6) is -1.27. The monoisotopic (exact) mass is 367 g/mol. The lowest BCUT2D eigenvalue weighted by Crippen LogP contribution is -2.18. The Labute approximate surface area is 147 Å². The van der Waals surface area contributed by atoms with Crippen LogP contribution in [-0.2, 0) is 25.8 Å². The van der Waals surface area contributed by atoms with Crippen molar-refractivity contribution in [2.24, 2.45) is 5.16 Å². The summed E-state index contributed by atoms with van der Waals surface area (Å²) in [5.41, 5.74) is 1.06. The molecule has 0 aliphatic rings. The van der Waals surface area contributed by atoms with E-state index in [1.54, 1.807) is 5.38 Å². The van der Waals surface area contributed by atoms with Crippen LogP contribution in [0.5, 0.6) is 0 Å². The summed E-state index contributed by atoms with van der Waals surface area (Å²) in [5, 5.41) is 8.18. The number of hydrogen-bond acceptors (Lipinski definition) is 7. The number of ether oxygens (including phenoxy) is 1. The van der Waals surface area contributed by atoms with Crippen molar-refractivity contribution in [2.75, 3.05) is 18.3 Å². The highest BCUT2D eigenvalue weighted by Gasteiger charge is 2.20. The minimum Gasteiger partial charge on any atom is -0.464 e. The molecule has 0 bridgehead atoms. The highest BCUT2D eigenvalue weighted by molar-refractivity contribution is 7.14. The quantitative estimate of drug-likeness (QED) is 0.351. The number of alkyl halides is 1. The molecule has 126 valence electrons. The standard InChI is InChI=1S/C15H14ClN3O4S/c1-22-14(21)13(19-23-8-10-5-3-2-4-6-10)11-9-24-15(17-11)18-12(20)7-16/h2-6,9H,7-8H2,1H3,(H,17,18,20). The molecule has 0 saturated carbocycles. The molecule has 0 fully saturated rings. The van der Waals surface area contributed by atoms with E-state index in [1.807, 2.05) is 30.3 Å². The van der Waals surface area contributed by atoms with Crippen LogP contribution < -0.4 is 5.32 Å². The van der Waals surface area contributed by atoms with E-state index >= 15 is 0 Å². The second-order valence-electron chi connectivity index (χ2n) is 4.41. The third-order valence-corrected chi connectivity index (χ3v) is 3.72. The molecule has 0 saturated heterocycles. The molecular weight excluding hydrogens is 354 g/mol. The van der Waals surface area contributed by atoms with Gasteiger partial charge in [-0.25, -0.2) is 9.78 Å². The van der Waals surface area contributed by atoms with Crippen LogP contribution in [0.4, 0.5) is 5.13 Å². The summed E-state index contributed by atoms with van der Waals surface area (Å²) in [6, 6.07) is 9.37. The van der Waals surface area contributed by atoms with Gasteiger partial charge >= 0.3 is 5.97 Å². The van der Waals surface area contributed by atoms with Gasteiger partial charge in [-0.3, -0.25) is 4.79 Å². The van der Waals surface area contributed by atoms with Crippen molar-refractivity contribution in [3.63, 3.8) is 0 Å². The maximum absolute atomic E-state index is 11.9. The number of carbonyl (C=O) groups excluding carboxylic acids is 2. The predicted octanol–water partition coefficient (Wildman–Crippen LogP) is 2.41. The van der Waals surface area contributed by atoms with E-state index in [9.17, 15) is 9.59 Å². The Morgan fingerprint density at radius 2 is 2.08 bits per heavy atom. The van der Waals surface area contributed by atoms with Gasteiger partial charge in [-0.1, -0.05) is 35.5 Å². The van der Waals surface area contributed by atoms with Crippen LogP contribution in [0.25, 0.3) is 0 Å². The van der Waals surface area contributed by atoms with Gasteiger partial charge in [-0.15, -0.1) is 22.9 Å². The minimum atomic E-state index is -0.691. The number of halogens is 1. The lowest BCUT2D eigenvalue weighted by atomic mass is 10.2. The maximum Gasteiger partial charge on any atom is 0.362 e. The molecular formula is C15H14ClN3O4S. The molecule has 0 unspecified atom stereocenters. The largest absolute Gasteiger partial charge is 0.464 e. The fourth-order valence-corrected chi connectivity index (χ4v) is 2.40. The number of rotatable bonds is 7. The zero-order valence-corrected chi connectivity index (χ0v) is 14.3. The van der Waals surface area contributed by atoms with Crippen molar-refractivity contribution in [3.05, 3.63) is 47.0 Å². The Hall–Kier alpha value is -2.45. The first-order chi connectivity index (χ1) is 11.6. The maximum atomic E-state index is 11.9. The zero-order chi connectivity index (χ0) is 17.4. The molecule has 7 nitrogen and oxygen atoms in total. The van der Waals surface area contributed by atoms with E-state index < -0.39 is 11.9 Å². The normalized spacial score (nSPS) is 11.0. The van der Waals surface area contributed by atoms with Crippen LogP contribution in [0.15, 0.2) is 40.9 Å².